The van der Waals surface area contributed by atoms with Crippen molar-refractivity contribution >= 4 is 28.5 Å². The molecule has 0 radical (unpaired) electrons. The molecule has 17 heavy (non-hydrogen) atoms. The number of para-hydroxylation sites is 1. The molecule has 0 bridgehead atoms. The van der Waals surface area contributed by atoms with E-state index in [4.69, 9.17) is 16.3 Å². The lowest BCUT2D eigenvalue weighted by molar-refractivity contribution is -0.143. The van der Waals surface area contributed by atoms with E-state index in [0.717, 1.165) is 16.5 Å². The highest BCUT2D eigenvalue weighted by molar-refractivity contribution is 6.20. The smallest absolute Gasteiger partial charge is 0.304 e. The Balaban J connectivity index is 2.30. The summed E-state index contributed by atoms with van der Waals surface area (Å²) in [6.07, 6.45) is 1.91. The summed E-state index contributed by atoms with van der Waals surface area (Å²) in [7, 11) is 0. The van der Waals surface area contributed by atoms with Crippen molar-refractivity contribution in [2.75, 3.05) is 0 Å². The first-order chi connectivity index (χ1) is 8.09. The van der Waals surface area contributed by atoms with Crippen LogP contribution in [0.1, 0.15) is 25.3 Å². The van der Waals surface area contributed by atoms with Gasteiger partial charge in [-0.25, -0.2) is 0 Å². The van der Waals surface area contributed by atoms with Gasteiger partial charge < -0.3 is 9.72 Å². The van der Waals surface area contributed by atoms with Crippen molar-refractivity contribution < 1.29 is 9.53 Å². The molecule has 0 amide bonds. The molecule has 3 nitrogen and oxygen atoms in total. The molecule has 1 heterocycles. The van der Waals surface area contributed by atoms with Gasteiger partial charge in [0.25, 0.3) is 0 Å². The van der Waals surface area contributed by atoms with Crippen LogP contribution in [0.25, 0.3) is 10.9 Å². The number of hydrogen-bond donors (Lipinski definition) is 1. The number of H-pyrrole nitrogens is 1. The average molecular weight is 252 g/mol. The number of fused-ring (bicyclic) bond motifs is 1. The Morgan fingerprint density at radius 1 is 1.41 bits per heavy atom. The number of carbonyl (C=O) groups is 1. The summed E-state index contributed by atoms with van der Waals surface area (Å²) < 4.78 is 5.00. The second-order valence-electron chi connectivity index (χ2n) is 4.04. The quantitative estimate of drug-likeness (QED) is 0.671. The highest BCUT2D eigenvalue weighted by atomic mass is 35.5. The Morgan fingerprint density at radius 3 is 2.82 bits per heavy atom. The number of alkyl halides is 1. The molecule has 2 atom stereocenters. The van der Waals surface area contributed by atoms with E-state index in [1.807, 2.05) is 37.4 Å². The van der Waals surface area contributed by atoms with E-state index in [9.17, 15) is 4.79 Å². The lowest BCUT2D eigenvalue weighted by atomic mass is 10.0. The number of halogens is 1. The van der Waals surface area contributed by atoms with E-state index < -0.39 is 5.56 Å². The van der Waals surface area contributed by atoms with Gasteiger partial charge in [0.1, 0.15) is 0 Å². The van der Waals surface area contributed by atoms with E-state index in [1.165, 1.54) is 6.92 Å². The molecule has 1 aromatic carbocycles. The van der Waals surface area contributed by atoms with Gasteiger partial charge in [-0.3, -0.25) is 4.79 Å². The highest BCUT2D eigenvalue weighted by Gasteiger charge is 2.21. The van der Waals surface area contributed by atoms with Gasteiger partial charge in [-0.15, -0.1) is 0 Å². The molecule has 0 saturated heterocycles. The van der Waals surface area contributed by atoms with Crippen molar-refractivity contribution in [3.05, 3.63) is 36.0 Å². The summed E-state index contributed by atoms with van der Waals surface area (Å²) in [4.78, 5) is 14.1. The normalized spacial score (nSPS) is 14.5. The van der Waals surface area contributed by atoms with Crippen molar-refractivity contribution in [2.45, 2.75) is 25.3 Å². The third kappa shape index (κ3) is 2.44. The maximum Gasteiger partial charge on any atom is 0.304 e. The van der Waals surface area contributed by atoms with Crippen LogP contribution in [0.15, 0.2) is 30.5 Å². The predicted octanol–water partition coefficient (Wildman–Crippen LogP) is 3.40. The molecular formula is C13H14ClNO2. The number of rotatable bonds is 3. The number of hydrogen-bond acceptors (Lipinski definition) is 2. The fourth-order valence-corrected chi connectivity index (χ4v) is 2.13. The Kier molecular flexibility index (Phi) is 3.38. The minimum absolute atomic E-state index is 0.0586. The summed E-state index contributed by atoms with van der Waals surface area (Å²) in [5.41, 5.74) is 1.47. The van der Waals surface area contributed by atoms with E-state index in [0.29, 0.717) is 0 Å². The molecule has 1 aromatic heterocycles. The van der Waals surface area contributed by atoms with Gasteiger partial charge in [-0.05, 0) is 11.6 Å². The van der Waals surface area contributed by atoms with Crippen LogP contribution < -0.4 is 0 Å². The molecule has 0 spiro atoms. The van der Waals surface area contributed by atoms with Crippen molar-refractivity contribution in [1.82, 2.24) is 4.98 Å². The number of ether oxygens (including phenoxy) is 1. The number of aromatic nitrogens is 1. The van der Waals surface area contributed by atoms with Crippen molar-refractivity contribution in [3.63, 3.8) is 0 Å². The van der Waals surface area contributed by atoms with Crippen molar-refractivity contribution in [1.29, 1.82) is 0 Å². The number of esters is 1. The fourth-order valence-electron chi connectivity index (χ4n) is 1.87. The predicted molar refractivity (Wildman–Crippen MR) is 68.1 cm³/mol. The average Bonchev–Trinajstić information content (AvgIpc) is 2.70. The lowest BCUT2D eigenvalue weighted by Crippen LogP contribution is -2.16. The first kappa shape index (κ1) is 12.0. The summed E-state index contributed by atoms with van der Waals surface area (Å²) in [5, 5.41) is 1.11. The van der Waals surface area contributed by atoms with Gasteiger partial charge in [0, 0.05) is 29.9 Å². The molecule has 2 rings (SSSR count). The monoisotopic (exact) mass is 251 g/mol. The minimum atomic E-state index is -0.647. The van der Waals surface area contributed by atoms with E-state index in [1.54, 1.807) is 0 Å². The van der Waals surface area contributed by atoms with Gasteiger partial charge in [0.05, 0.1) is 0 Å². The van der Waals surface area contributed by atoms with Crippen molar-refractivity contribution in [3.8, 4) is 0 Å². The first-order valence-electron chi connectivity index (χ1n) is 5.47. The second kappa shape index (κ2) is 4.80. The van der Waals surface area contributed by atoms with Crippen LogP contribution in [0.5, 0.6) is 0 Å². The summed E-state index contributed by atoms with van der Waals surface area (Å²) in [6, 6.07) is 7.97. The van der Waals surface area contributed by atoms with Gasteiger partial charge in [0.15, 0.2) is 5.56 Å². The Morgan fingerprint density at radius 2 is 2.12 bits per heavy atom. The van der Waals surface area contributed by atoms with Crippen LogP contribution in [-0.2, 0) is 9.53 Å². The first-order valence-corrected chi connectivity index (χ1v) is 5.90. The van der Waals surface area contributed by atoms with Crippen LogP contribution in [0.2, 0.25) is 0 Å². The van der Waals surface area contributed by atoms with Crippen LogP contribution in [0.3, 0.4) is 0 Å². The Bertz CT molecular complexity index is 535. The second-order valence-corrected chi connectivity index (χ2v) is 4.47. The number of nitrogens with one attached hydrogen (secondary N) is 1. The van der Waals surface area contributed by atoms with E-state index in [-0.39, 0.29) is 11.9 Å². The van der Waals surface area contributed by atoms with Crippen LogP contribution in [0.4, 0.5) is 0 Å². The van der Waals surface area contributed by atoms with Crippen LogP contribution >= 0.6 is 11.6 Å². The number of aromatic amines is 1. The van der Waals surface area contributed by atoms with Crippen LogP contribution in [0, 0.1) is 0 Å². The maximum atomic E-state index is 10.9. The zero-order valence-electron chi connectivity index (χ0n) is 9.74. The Hall–Kier alpha value is -1.48. The molecule has 2 unspecified atom stereocenters. The van der Waals surface area contributed by atoms with Crippen molar-refractivity contribution in [2.24, 2.45) is 0 Å². The molecule has 2 aromatic rings. The van der Waals surface area contributed by atoms with E-state index >= 15 is 0 Å². The van der Waals surface area contributed by atoms with Gasteiger partial charge in [-0.2, -0.15) is 0 Å². The standard InChI is InChI=1S/C13H14ClNO2/c1-8(13(14)17-9(2)16)11-7-15-12-6-4-3-5-10(11)12/h3-8,13,15H,1-2H3. The highest BCUT2D eigenvalue weighted by Crippen LogP contribution is 2.30. The zero-order valence-corrected chi connectivity index (χ0v) is 10.5. The lowest BCUT2D eigenvalue weighted by Gasteiger charge is -2.17. The minimum Gasteiger partial charge on any atom is -0.446 e. The molecular weight excluding hydrogens is 238 g/mol. The maximum absolute atomic E-state index is 10.9. The summed E-state index contributed by atoms with van der Waals surface area (Å²) in [5.74, 6) is -0.423. The van der Waals surface area contributed by atoms with Gasteiger partial charge >= 0.3 is 5.97 Å². The summed E-state index contributed by atoms with van der Waals surface area (Å²) >= 11 is 6.06. The molecule has 0 aliphatic carbocycles. The topological polar surface area (TPSA) is 42.1 Å². The molecule has 0 fully saturated rings. The largest absolute Gasteiger partial charge is 0.446 e. The molecule has 0 saturated carbocycles. The molecule has 1 N–H and O–H groups in total. The van der Waals surface area contributed by atoms with Gasteiger partial charge in [-0.1, -0.05) is 36.7 Å². The van der Waals surface area contributed by atoms with Crippen LogP contribution in [-0.4, -0.2) is 16.5 Å². The third-order valence-electron chi connectivity index (χ3n) is 2.78. The molecule has 0 aliphatic heterocycles. The number of carbonyl (C=O) groups excluding carboxylic acids is 1. The Labute approximate surface area is 105 Å². The molecule has 4 heteroatoms. The van der Waals surface area contributed by atoms with E-state index in [2.05, 4.69) is 4.98 Å². The molecule has 0 aliphatic rings. The number of benzene rings is 1. The summed E-state index contributed by atoms with van der Waals surface area (Å²) in [6.45, 7) is 3.30. The van der Waals surface area contributed by atoms with Gasteiger partial charge in [0.2, 0.25) is 0 Å². The SMILES string of the molecule is CC(=O)OC(Cl)C(C)c1c[nH]c2ccccc12. The zero-order chi connectivity index (χ0) is 12.4. The third-order valence-corrected chi connectivity index (χ3v) is 3.25. The molecule has 90 valence electrons. The fraction of sp³-hybridized carbons (Fsp3) is 0.308.